The third-order valence-electron chi connectivity index (χ3n) is 4.63. The molecule has 2 unspecified atom stereocenters. The van der Waals surface area contributed by atoms with Gasteiger partial charge in [0.1, 0.15) is 0 Å². The van der Waals surface area contributed by atoms with Crippen molar-refractivity contribution < 1.29 is 0 Å². The number of hydrogen-bond acceptors (Lipinski definition) is 2. The average molecular weight is 238 g/mol. The summed E-state index contributed by atoms with van der Waals surface area (Å²) in [7, 11) is 0. The Morgan fingerprint density at radius 3 is 2.65 bits per heavy atom. The van der Waals surface area contributed by atoms with Crippen molar-refractivity contribution in [1.82, 2.24) is 10.2 Å². The number of rotatable bonds is 4. The molecule has 100 valence electrons. The van der Waals surface area contributed by atoms with Gasteiger partial charge in [0.05, 0.1) is 0 Å². The third-order valence-corrected chi connectivity index (χ3v) is 4.63. The summed E-state index contributed by atoms with van der Waals surface area (Å²) in [6.45, 7) is 8.52. The summed E-state index contributed by atoms with van der Waals surface area (Å²) in [5, 5.41) is 3.70. The minimum Gasteiger partial charge on any atom is -0.311 e. The van der Waals surface area contributed by atoms with E-state index in [0.29, 0.717) is 0 Å². The van der Waals surface area contributed by atoms with Gasteiger partial charge in [-0.2, -0.15) is 0 Å². The fourth-order valence-corrected chi connectivity index (χ4v) is 3.49. The maximum atomic E-state index is 3.70. The lowest BCUT2D eigenvalue weighted by Crippen LogP contribution is -2.56. The predicted molar refractivity (Wildman–Crippen MR) is 74.3 cm³/mol. The minimum atomic E-state index is 0.741. The van der Waals surface area contributed by atoms with E-state index in [-0.39, 0.29) is 0 Å². The Hall–Kier alpha value is -0.0800. The molecule has 1 heterocycles. The van der Waals surface area contributed by atoms with Gasteiger partial charge in [-0.15, -0.1) is 0 Å². The van der Waals surface area contributed by atoms with E-state index in [2.05, 4.69) is 24.1 Å². The van der Waals surface area contributed by atoms with E-state index in [9.17, 15) is 0 Å². The molecule has 0 aromatic heterocycles. The van der Waals surface area contributed by atoms with E-state index in [1.165, 1.54) is 64.6 Å². The molecule has 0 bridgehead atoms. The van der Waals surface area contributed by atoms with Gasteiger partial charge in [-0.25, -0.2) is 0 Å². The van der Waals surface area contributed by atoms with Crippen molar-refractivity contribution >= 4 is 0 Å². The van der Waals surface area contributed by atoms with Crippen LogP contribution in [0.15, 0.2) is 0 Å². The molecule has 2 heteroatoms. The summed E-state index contributed by atoms with van der Waals surface area (Å²) in [6, 6.07) is 1.49. The molecule has 2 fully saturated rings. The second-order valence-corrected chi connectivity index (χ2v) is 6.20. The van der Waals surface area contributed by atoms with Crippen LogP contribution in [0, 0.1) is 5.92 Å². The van der Waals surface area contributed by atoms with Crippen molar-refractivity contribution in [3.8, 4) is 0 Å². The molecule has 1 aliphatic heterocycles. The first-order valence-electron chi connectivity index (χ1n) is 7.77. The molecule has 0 amide bonds. The van der Waals surface area contributed by atoms with Crippen LogP contribution in [0.3, 0.4) is 0 Å². The molecule has 2 atom stereocenters. The Kier molecular flexibility index (Phi) is 5.30. The molecular formula is C15H30N2. The molecular weight excluding hydrogens is 208 g/mol. The smallest absolute Gasteiger partial charge is 0.0195 e. The zero-order valence-corrected chi connectivity index (χ0v) is 11.8. The first-order valence-corrected chi connectivity index (χ1v) is 7.77. The summed E-state index contributed by atoms with van der Waals surface area (Å²) in [5.74, 6) is 0.992. The molecule has 0 aromatic carbocycles. The van der Waals surface area contributed by atoms with Gasteiger partial charge in [0, 0.05) is 31.7 Å². The first kappa shape index (κ1) is 13.4. The lowest BCUT2D eigenvalue weighted by Gasteiger charge is -2.41. The van der Waals surface area contributed by atoms with Crippen LogP contribution in [-0.4, -0.2) is 36.6 Å². The number of nitrogens with zero attached hydrogens (tertiary/aromatic N) is 1. The van der Waals surface area contributed by atoms with Crippen molar-refractivity contribution in [2.75, 3.05) is 19.6 Å². The van der Waals surface area contributed by atoms with Crippen molar-refractivity contribution in [1.29, 1.82) is 0 Å². The molecule has 1 saturated heterocycles. The standard InChI is InChI=1S/C15H30N2/c1-3-7-15-12-17(13(2)10-16-15)11-14-8-5-4-6-9-14/h13-16H,3-12H2,1-2H3. The van der Waals surface area contributed by atoms with Gasteiger partial charge >= 0.3 is 0 Å². The van der Waals surface area contributed by atoms with Gasteiger partial charge in [-0.1, -0.05) is 32.6 Å². The Bertz CT molecular complexity index is 211. The maximum absolute atomic E-state index is 3.70. The van der Waals surface area contributed by atoms with E-state index in [1.54, 1.807) is 0 Å². The molecule has 0 spiro atoms. The molecule has 2 nitrogen and oxygen atoms in total. The fourth-order valence-electron chi connectivity index (χ4n) is 3.49. The summed E-state index contributed by atoms with van der Waals surface area (Å²) < 4.78 is 0. The fraction of sp³-hybridized carbons (Fsp3) is 1.00. The molecule has 1 aliphatic carbocycles. The van der Waals surface area contributed by atoms with Gasteiger partial charge < -0.3 is 5.32 Å². The van der Waals surface area contributed by atoms with Crippen LogP contribution in [0.25, 0.3) is 0 Å². The van der Waals surface area contributed by atoms with Crippen LogP contribution in [-0.2, 0) is 0 Å². The second kappa shape index (κ2) is 6.75. The van der Waals surface area contributed by atoms with Crippen molar-refractivity contribution in [2.45, 2.75) is 70.9 Å². The van der Waals surface area contributed by atoms with E-state index in [4.69, 9.17) is 0 Å². The summed E-state index contributed by atoms with van der Waals surface area (Å²) in [4.78, 5) is 2.76. The number of piperazine rings is 1. The van der Waals surface area contributed by atoms with Gasteiger partial charge in [-0.3, -0.25) is 4.90 Å². The lowest BCUT2D eigenvalue weighted by molar-refractivity contribution is 0.106. The summed E-state index contributed by atoms with van der Waals surface area (Å²) in [6.07, 6.45) is 10.0. The van der Waals surface area contributed by atoms with E-state index >= 15 is 0 Å². The highest BCUT2D eigenvalue weighted by Gasteiger charge is 2.26. The normalized spacial score (nSPS) is 32.8. The van der Waals surface area contributed by atoms with Gasteiger partial charge in [-0.05, 0) is 32.1 Å². The Balaban J connectivity index is 1.80. The highest BCUT2D eigenvalue weighted by molar-refractivity contribution is 4.85. The second-order valence-electron chi connectivity index (χ2n) is 6.20. The monoisotopic (exact) mass is 238 g/mol. The van der Waals surface area contributed by atoms with Gasteiger partial charge in [0.15, 0.2) is 0 Å². The first-order chi connectivity index (χ1) is 8.29. The largest absolute Gasteiger partial charge is 0.311 e. The third kappa shape index (κ3) is 3.96. The minimum absolute atomic E-state index is 0.741. The molecule has 0 radical (unpaired) electrons. The Morgan fingerprint density at radius 1 is 1.18 bits per heavy atom. The number of hydrogen-bond donors (Lipinski definition) is 1. The van der Waals surface area contributed by atoms with Crippen LogP contribution >= 0.6 is 0 Å². The van der Waals surface area contributed by atoms with E-state index in [0.717, 1.165) is 18.0 Å². The Morgan fingerprint density at radius 2 is 1.94 bits per heavy atom. The lowest BCUT2D eigenvalue weighted by atomic mass is 9.88. The molecule has 17 heavy (non-hydrogen) atoms. The molecule has 1 saturated carbocycles. The molecule has 1 N–H and O–H groups in total. The topological polar surface area (TPSA) is 15.3 Å². The quantitative estimate of drug-likeness (QED) is 0.810. The maximum Gasteiger partial charge on any atom is 0.0195 e. The van der Waals surface area contributed by atoms with Gasteiger partial charge in [0.25, 0.3) is 0 Å². The zero-order chi connectivity index (χ0) is 12.1. The van der Waals surface area contributed by atoms with Crippen LogP contribution < -0.4 is 5.32 Å². The highest BCUT2D eigenvalue weighted by Crippen LogP contribution is 2.25. The molecule has 0 aromatic rings. The predicted octanol–water partition coefficient (Wildman–Crippen LogP) is 3.03. The summed E-state index contributed by atoms with van der Waals surface area (Å²) >= 11 is 0. The Labute approximate surface area is 107 Å². The van der Waals surface area contributed by atoms with Crippen molar-refractivity contribution in [3.05, 3.63) is 0 Å². The van der Waals surface area contributed by atoms with Crippen LogP contribution in [0.5, 0.6) is 0 Å². The number of nitrogens with one attached hydrogen (secondary N) is 1. The van der Waals surface area contributed by atoms with Crippen LogP contribution in [0.4, 0.5) is 0 Å². The van der Waals surface area contributed by atoms with Crippen molar-refractivity contribution in [2.24, 2.45) is 5.92 Å². The summed E-state index contributed by atoms with van der Waals surface area (Å²) in [5.41, 5.74) is 0. The average Bonchev–Trinajstić information content (AvgIpc) is 2.35. The van der Waals surface area contributed by atoms with Crippen LogP contribution in [0.1, 0.15) is 58.8 Å². The van der Waals surface area contributed by atoms with E-state index in [1.807, 2.05) is 0 Å². The van der Waals surface area contributed by atoms with Crippen LogP contribution in [0.2, 0.25) is 0 Å². The zero-order valence-electron chi connectivity index (χ0n) is 11.8. The van der Waals surface area contributed by atoms with Crippen molar-refractivity contribution in [3.63, 3.8) is 0 Å². The molecule has 2 aliphatic rings. The highest BCUT2D eigenvalue weighted by atomic mass is 15.2. The SMILES string of the molecule is CCCC1CN(CC2CCCCC2)C(C)CN1. The van der Waals surface area contributed by atoms with E-state index < -0.39 is 0 Å². The molecule has 2 rings (SSSR count). The van der Waals surface area contributed by atoms with Gasteiger partial charge in [0.2, 0.25) is 0 Å².